The summed E-state index contributed by atoms with van der Waals surface area (Å²) in [7, 11) is 0. The number of aryl methyl sites for hydroxylation is 2. The number of aliphatic hydroxyl groups excluding tert-OH is 1. The zero-order valence-electron chi connectivity index (χ0n) is 16.2. The number of aromatic amines is 1. The molecule has 0 saturated heterocycles. The fourth-order valence-electron chi connectivity index (χ4n) is 4.11. The molecule has 0 spiro atoms. The van der Waals surface area contributed by atoms with Crippen LogP contribution in [-0.2, 0) is 30.7 Å². The number of nitrogens with one attached hydrogen (secondary N) is 1. The highest BCUT2D eigenvalue weighted by Crippen LogP contribution is 2.34. The summed E-state index contributed by atoms with van der Waals surface area (Å²) < 4.78 is 10.8. The third kappa shape index (κ3) is 4.16. The predicted octanol–water partition coefficient (Wildman–Crippen LogP) is 2.61. The van der Waals surface area contributed by atoms with Gasteiger partial charge in [0.1, 0.15) is 23.0 Å². The van der Waals surface area contributed by atoms with Crippen LogP contribution in [0.5, 0.6) is 0 Å². The zero-order chi connectivity index (χ0) is 19.8. The molecule has 7 nitrogen and oxygen atoms in total. The average molecular weight is 416 g/mol. The van der Waals surface area contributed by atoms with Crippen molar-refractivity contribution in [2.45, 2.75) is 57.4 Å². The van der Waals surface area contributed by atoms with Gasteiger partial charge in [-0.25, -0.2) is 4.98 Å². The van der Waals surface area contributed by atoms with Gasteiger partial charge in [0.05, 0.1) is 30.9 Å². The normalized spacial score (nSPS) is 17.3. The number of hydrogen-bond donors (Lipinski definition) is 2. The van der Waals surface area contributed by atoms with E-state index in [2.05, 4.69) is 9.88 Å². The first kappa shape index (κ1) is 19.0. The van der Waals surface area contributed by atoms with Crippen molar-refractivity contribution >= 4 is 21.6 Å². The second kappa shape index (κ2) is 8.02. The number of fused-ring (bicyclic) bond motifs is 3. The Morgan fingerprint density at radius 2 is 2.31 bits per heavy atom. The van der Waals surface area contributed by atoms with Gasteiger partial charge in [-0.3, -0.25) is 9.69 Å². The van der Waals surface area contributed by atoms with Gasteiger partial charge in [0.25, 0.3) is 5.56 Å². The minimum atomic E-state index is -0.605. The number of aliphatic hydroxyl groups is 1. The summed E-state index contributed by atoms with van der Waals surface area (Å²) in [5.74, 6) is 1.42. The van der Waals surface area contributed by atoms with Gasteiger partial charge in [0.2, 0.25) is 0 Å². The van der Waals surface area contributed by atoms with Crippen molar-refractivity contribution in [3.8, 4) is 0 Å². The molecule has 154 valence electrons. The molecule has 29 heavy (non-hydrogen) atoms. The Morgan fingerprint density at radius 1 is 1.41 bits per heavy atom. The molecule has 0 aliphatic heterocycles. The van der Waals surface area contributed by atoms with Gasteiger partial charge in [0, 0.05) is 17.5 Å². The van der Waals surface area contributed by atoms with Crippen LogP contribution in [0, 0.1) is 0 Å². The number of ether oxygens (including phenoxy) is 1. The number of hydrogen-bond acceptors (Lipinski definition) is 7. The van der Waals surface area contributed by atoms with Crippen molar-refractivity contribution in [3.63, 3.8) is 0 Å². The van der Waals surface area contributed by atoms with Crippen molar-refractivity contribution in [1.29, 1.82) is 0 Å². The maximum Gasteiger partial charge on any atom is 0.259 e. The van der Waals surface area contributed by atoms with Gasteiger partial charge in [-0.2, -0.15) is 0 Å². The quantitative estimate of drug-likeness (QED) is 0.558. The van der Waals surface area contributed by atoms with E-state index in [-0.39, 0.29) is 12.2 Å². The van der Waals surface area contributed by atoms with Crippen LogP contribution in [0.2, 0.25) is 0 Å². The number of rotatable bonds is 9. The highest BCUT2D eigenvalue weighted by atomic mass is 32.1. The summed E-state index contributed by atoms with van der Waals surface area (Å²) in [6, 6.07) is 4.10. The Balaban J connectivity index is 1.24. The molecule has 3 aromatic rings. The number of thiophene rings is 1. The first-order valence-corrected chi connectivity index (χ1v) is 11.0. The van der Waals surface area contributed by atoms with Gasteiger partial charge in [-0.15, -0.1) is 11.3 Å². The molecule has 0 amide bonds. The third-order valence-electron chi connectivity index (χ3n) is 5.62. The summed E-state index contributed by atoms with van der Waals surface area (Å²) in [6.07, 6.45) is 6.40. The minimum absolute atomic E-state index is 0.0255. The monoisotopic (exact) mass is 415 g/mol. The van der Waals surface area contributed by atoms with Gasteiger partial charge in [-0.05, 0) is 49.8 Å². The van der Waals surface area contributed by atoms with E-state index in [1.807, 2.05) is 12.1 Å². The van der Waals surface area contributed by atoms with Crippen LogP contribution in [-0.4, -0.2) is 45.3 Å². The van der Waals surface area contributed by atoms with Crippen molar-refractivity contribution < 1.29 is 14.3 Å². The molecule has 1 saturated carbocycles. The molecule has 0 aromatic carbocycles. The molecule has 3 aromatic heterocycles. The SMILES string of the molecule is O=c1[nH]c(CN(C[C@H](O)COCc2ccco2)C2CC2)nc2sc3c(c12)CCC3. The van der Waals surface area contributed by atoms with Crippen LogP contribution in [0.4, 0.5) is 0 Å². The summed E-state index contributed by atoms with van der Waals surface area (Å²) in [4.78, 5) is 24.8. The first-order valence-electron chi connectivity index (χ1n) is 10.2. The Labute approximate surface area is 172 Å². The van der Waals surface area contributed by atoms with Crippen LogP contribution in [0.3, 0.4) is 0 Å². The second-order valence-electron chi connectivity index (χ2n) is 7.96. The van der Waals surface area contributed by atoms with E-state index < -0.39 is 6.10 Å². The molecular formula is C21H25N3O4S. The Bertz CT molecular complexity index is 1040. The Morgan fingerprint density at radius 3 is 3.10 bits per heavy atom. The second-order valence-corrected chi connectivity index (χ2v) is 9.04. The summed E-state index contributed by atoms with van der Waals surface area (Å²) in [5.41, 5.74) is 1.18. The van der Waals surface area contributed by atoms with Crippen LogP contribution in [0.15, 0.2) is 27.6 Å². The molecule has 2 aliphatic rings. The molecule has 1 fully saturated rings. The summed E-state index contributed by atoms with van der Waals surface area (Å²) in [6.45, 7) is 1.62. The van der Waals surface area contributed by atoms with Crippen molar-refractivity contribution in [2.75, 3.05) is 13.2 Å². The highest BCUT2D eigenvalue weighted by molar-refractivity contribution is 7.18. The fraction of sp³-hybridized carbons (Fsp3) is 0.524. The smallest absolute Gasteiger partial charge is 0.259 e. The number of H-pyrrole nitrogens is 1. The van der Waals surface area contributed by atoms with E-state index in [0.29, 0.717) is 31.6 Å². The van der Waals surface area contributed by atoms with Crippen LogP contribution in [0.1, 0.15) is 41.3 Å². The Hall–Kier alpha value is -2.00. The van der Waals surface area contributed by atoms with Crippen LogP contribution in [0.25, 0.3) is 10.2 Å². The summed E-state index contributed by atoms with van der Waals surface area (Å²) >= 11 is 1.66. The average Bonchev–Trinajstić information content (AvgIpc) is 3.06. The van der Waals surface area contributed by atoms with E-state index in [4.69, 9.17) is 14.1 Å². The molecule has 5 rings (SSSR count). The molecule has 3 heterocycles. The van der Waals surface area contributed by atoms with Gasteiger partial charge < -0.3 is 19.2 Å². The molecule has 0 radical (unpaired) electrons. The molecule has 0 unspecified atom stereocenters. The Kier molecular flexibility index (Phi) is 5.26. The fourth-order valence-corrected chi connectivity index (χ4v) is 5.39. The van der Waals surface area contributed by atoms with E-state index in [1.165, 1.54) is 10.4 Å². The van der Waals surface area contributed by atoms with E-state index in [9.17, 15) is 9.90 Å². The lowest BCUT2D eigenvalue weighted by molar-refractivity contribution is 0.00210. The maximum atomic E-state index is 12.7. The topological polar surface area (TPSA) is 91.6 Å². The molecule has 8 heteroatoms. The maximum absolute atomic E-state index is 12.7. The molecule has 2 aliphatic carbocycles. The molecular weight excluding hydrogens is 390 g/mol. The van der Waals surface area contributed by atoms with Crippen molar-refractivity contribution in [3.05, 3.63) is 50.8 Å². The lowest BCUT2D eigenvalue weighted by Gasteiger charge is -2.24. The van der Waals surface area contributed by atoms with Crippen LogP contribution >= 0.6 is 11.3 Å². The minimum Gasteiger partial charge on any atom is -0.467 e. The molecule has 2 N–H and O–H groups in total. The molecule has 1 atom stereocenters. The lowest BCUT2D eigenvalue weighted by atomic mass is 10.2. The number of furan rings is 1. The largest absolute Gasteiger partial charge is 0.467 e. The van der Waals surface area contributed by atoms with Gasteiger partial charge in [0.15, 0.2) is 0 Å². The zero-order valence-corrected chi connectivity index (χ0v) is 17.0. The third-order valence-corrected chi connectivity index (χ3v) is 6.81. The van der Waals surface area contributed by atoms with E-state index >= 15 is 0 Å². The van der Waals surface area contributed by atoms with Crippen molar-refractivity contribution in [2.24, 2.45) is 0 Å². The summed E-state index contributed by atoms with van der Waals surface area (Å²) in [5, 5.41) is 11.2. The number of nitrogens with zero attached hydrogens (tertiary/aromatic N) is 2. The molecule has 0 bridgehead atoms. The first-order chi connectivity index (χ1) is 14.2. The highest BCUT2D eigenvalue weighted by Gasteiger charge is 2.31. The lowest BCUT2D eigenvalue weighted by Crippen LogP contribution is -2.37. The van der Waals surface area contributed by atoms with Crippen LogP contribution < -0.4 is 5.56 Å². The van der Waals surface area contributed by atoms with Gasteiger partial charge >= 0.3 is 0 Å². The van der Waals surface area contributed by atoms with E-state index in [1.54, 1.807) is 17.6 Å². The van der Waals surface area contributed by atoms with Crippen molar-refractivity contribution in [1.82, 2.24) is 14.9 Å². The van der Waals surface area contributed by atoms with E-state index in [0.717, 1.165) is 48.1 Å². The predicted molar refractivity (Wildman–Crippen MR) is 110 cm³/mol. The number of aromatic nitrogens is 2. The standard InChI is InChI=1S/C21H25N3O4S/c25-14(11-27-12-15-3-2-8-28-15)9-24(13-6-7-13)10-18-22-20(26)19-16-4-1-5-17(16)29-21(19)23-18/h2-3,8,13-14,25H,1,4-7,9-12H2,(H,22,23,26)/t14-/m0/s1. The van der Waals surface area contributed by atoms with Gasteiger partial charge in [-0.1, -0.05) is 0 Å².